The smallest absolute Gasteiger partial charge is 0.301 e. The zero-order valence-electron chi connectivity index (χ0n) is 15.0. The normalized spacial score (nSPS) is 11.2. The lowest BCUT2D eigenvalue weighted by Gasteiger charge is -2.13. The quantitative estimate of drug-likeness (QED) is 0.647. The Bertz CT molecular complexity index is 974. The molecule has 0 unspecified atom stereocenters. The monoisotopic (exact) mass is 384 g/mol. The van der Waals surface area contributed by atoms with Gasteiger partial charge in [-0.3, -0.25) is 4.72 Å². The van der Waals surface area contributed by atoms with Gasteiger partial charge in [-0.25, -0.2) is 4.98 Å². The van der Waals surface area contributed by atoms with E-state index in [2.05, 4.69) is 15.0 Å². The van der Waals surface area contributed by atoms with E-state index in [0.717, 1.165) is 21.5 Å². The summed E-state index contributed by atoms with van der Waals surface area (Å²) in [5, 5.41) is 3.15. The molecule has 0 aliphatic carbocycles. The van der Waals surface area contributed by atoms with Crippen LogP contribution in [-0.4, -0.2) is 31.8 Å². The molecular formula is C19H20N4O3S. The summed E-state index contributed by atoms with van der Waals surface area (Å²) in [7, 11) is -0.634. The number of ether oxygens (including phenoxy) is 1. The molecule has 0 spiro atoms. The topological polar surface area (TPSA) is 83.6 Å². The van der Waals surface area contributed by atoms with Crippen molar-refractivity contribution in [3.63, 3.8) is 0 Å². The van der Waals surface area contributed by atoms with E-state index in [4.69, 9.17) is 4.74 Å². The van der Waals surface area contributed by atoms with Crippen LogP contribution in [0.5, 0.6) is 11.5 Å². The fourth-order valence-electron chi connectivity index (χ4n) is 2.15. The summed E-state index contributed by atoms with van der Waals surface area (Å²) in [6.45, 7) is 0. The van der Waals surface area contributed by atoms with Crippen molar-refractivity contribution in [1.82, 2.24) is 9.29 Å². The molecule has 3 rings (SSSR count). The highest BCUT2D eigenvalue weighted by atomic mass is 32.2. The van der Waals surface area contributed by atoms with E-state index in [1.54, 1.807) is 12.1 Å². The molecule has 0 aliphatic rings. The molecule has 0 fully saturated rings. The number of nitrogens with one attached hydrogen (secondary N) is 2. The predicted molar refractivity (Wildman–Crippen MR) is 107 cm³/mol. The highest BCUT2D eigenvalue weighted by molar-refractivity contribution is 7.90. The molecule has 140 valence electrons. The number of hydrogen-bond donors (Lipinski definition) is 2. The van der Waals surface area contributed by atoms with E-state index < -0.39 is 10.2 Å². The third kappa shape index (κ3) is 5.19. The summed E-state index contributed by atoms with van der Waals surface area (Å²) in [5.41, 5.74) is 1.23. The van der Waals surface area contributed by atoms with Crippen LogP contribution in [0.15, 0.2) is 72.9 Å². The van der Waals surface area contributed by atoms with Gasteiger partial charge in [-0.1, -0.05) is 18.2 Å². The van der Waals surface area contributed by atoms with Crippen LogP contribution in [0.2, 0.25) is 0 Å². The Hall–Kier alpha value is -3.10. The Morgan fingerprint density at radius 1 is 0.852 bits per heavy atom. The first-order valence-electron chi connectivity index (χ1n) is 8.19. The van der Waals surface area contributed by atoms with Gasteiger partial charge in [-0.2, -0.15) is 12.7 Å². The Morgan fingerprint density at radius 2 is 1.48 bits per heavy atom. The average Bonchev–Trinajstić information content (AvgIpc) is 2.65. The predicted octanol–water partition coefficient (Wildman–Crippen LogP) is 3.84. The molecule has 0 amide bonds. The van der Waals surface area contributed by atoms with Crippen LogP contribution in [0.1, 0.15) is 0 Å². The van der Waals surface area contributed by atoms with E-state index in [1.165, 1.54) is 20.3 Å². The lowest BCUT2D eigenvalue weighted by atomic mass is 10.3. The van der Waals surface area contributed by atoms with Crippen molar-refractivity contribution in [2.45, 2.75) is 0 Å². The van der Waals surface area contributed by atoms with Crippen molar-refractivity contribution in [2.24, 2.45) is 0 Å². The van der Waals surface area contributed by atoms with Crippen molar-refractivity contribution in [3.05, 3.63) is 72.9 Å². The summed E-state index contributed by atoms with van der Waals surface area (Å²) in [6.07, 6.45) is 1.45. The molecule has 8 heteroatoms. The Kier molecular flexibility index (Phi) is 5.58. The second-order valence-electron chi connectivity index (χ2n) is 5.89. The third-order valence-corrected chi connectivity index (χ3v) is 5.05. The first kappa shape index (κ1) is 18.7. The maximum atomic E-state index is 11.8. The van der Waals surface area contributed by atoms with Gasteiger partial charge in [0.1, 0.15) is 17.3 Å². The second kappa shape index (κ2) is 8.07. The van der Waals surface area contributed by atoms with Crippen molar-refractivity contribution in [3.8, 4) is 11.5 Å². The largest absolute Gasteiger partial charge is 0.457 e. The molecular weight excluding hydrogens is 364 g/mol. The van der Waals surface area contributed by atoms with Gasteiger partial charge >= 0.3 is 10.2 Å². The number of anilines is 3. The molecule has 0 radical (unpaired) electrons. The number of hydrogen-bond acceptors (Lipinski definition) is 5. The van der Waals surface area contributed by atoms with E-state index >= 15 is 0 Å². The van der Waals surface area contributed by atoms with Gasteiger partial charge in [0, 0.05) is 19.8 Å². The van der Waals surface area contributed by atoms with E-state index in [-0.39, 0.29) is 0 Å². The van der Waals surface area contributed by atoms with Crippen molar-refractivity contribution in [2.75, 3.05) is 24.1 Å². The number of benzene rings is 2. The molecule has 0 bridgehead atoms. The lowest BCUT2D eigenvalue weighted by molar-refractivity contribution is 0.483. The zero-order chi connectivity index (χ0) is 19.3. The van der Waals surface area contributed by atoms with Crippen molar-refractivity contribution in [1.29, 1.82) is 0 Å². The number of aromatic nitrogens is 1. The number of pyridine rings is 1. The van der Waals surface area contributed by atoms with E-state index in [1.807, 2.05) is 54.6 Å². The maximum Gasteiger partial charge on any atom is 0.301 e. The third-order valence-electron chi connectivity index (χ3n) is 3.60. The first-order chi connectivity index (χ1) is 12.9. The van der Waals surface area contributed by atoms with E-state index in [0.29, 0.717) is 11.5 Å². The fourth-order valence-corrected chi connectivity index (χ4v) is 2.75. The standard InChI is InChI=1S/C19H20N4O3S/c1-23(2)27(24,25)22-16-10-13-19(20-14-16)21-15-8-11-18(12-9-15)26-17-6-4-3-5-7-17/h3-14,22H,1-2H3,(H,20,21). The van der Waals surface area contributed by atoms with Crippen LogP contribution < -0.4 is 14.8 Å². The SMILES string of the molecule is CN(C)S(=O)(=O)Nc1ccc(Nc2ccc(Oc3ccccc3)cc2)nc1. The average molecular weight is 384 g/mol. The van der Waals surface area contributed by atoms with Gasteiger partial charge in [-0.05, 0) is 48.5 Å². The minimum Gasteiger partial charge on any atom is -0.457 e. The molecule has 2 N–H and O–H groups in total. The Balaban J connectivity index is 1.62. The Morgan fingerprint density at radius 3 is 2.07 bits per heavy atom. The number of nitrogens with zero attached hydrogens (tertiary/aromatic N) is 2. The molecule has 0 saturated carbocycles. The van der Waals surface area contributed by atoms with Gasteiger partial charge in [0.2, 0.25) is 0 Å². The van der Waals surface area contributed by atoms with Crippen molar-refractivity contribution < 1.29 is 13.2 Å². The van der Waals surface area contributed by atoms with Crippen molar-refractivity contribution >= 4 is 27.4 Å². The molecule has 2 aromatic carbocycles. The molecule has 1 heterocycles. The Labute approximate surface area is 158 Å². The van der Waals surface area contributed by atoms with Crippen LogP contribution in [-0.2, 0) is 10.2 Å². The van der Waals surface area contributed by atoms with Crippen LogP contribution in [0.4, 0.5) is 17.2 Å². The minimum atomic E-state index is -3.54. The van der Waals surface area contributed by atoms with E-state index in [9.17, 15) is 8.42 Å². The second-order valence-corrected chi connectivity index (χ2v) is 7.77. The summed E-state index contributed by atoms with van der Waals surface area (Å²) >= 11 is 0. The van der Waals surface area contributed by atoms with Gasteiger partial charge < -0.3 is 10.1 Å². The first-order valence-corrected chi connectivity index (χ1v) is 9.63. The summed E-state index contributed by atoms with van der Waals surface area (Å²) in [4.78, 5) is 4.22. The summed E-state index contributed by atoms with van der Waals surface area (Å²) in [5.74, 6) is 2.10. The number of para-hydroxylation sites is 1. The van der Waals surface area contributed by atoms with Crippen LogP contribution >= 0.6 is 0 Å². The van der Waals surface area contributed by atoms with Gasteiger partial charge in [0.15, 0.2) is 0 Å². The molecule has 3 aromatic rings. The summed E-state index contributed by atoms with van der Waals surface area (Å²) in [6, 6.07) is 20.4. The van der Waals surface area contributed by atoms with Gasteiger partial charge in [-0.15, -0.1) is 0 Å². The zero-order valence-corrected chi connectivity index (χ0v) is 15.8. The molecule has 1 aromatic heterocycles. The van der Waals surface area contributed by atoms with Crippen LogP contribution in [0, 0.1) is 0 Å². The highest BCUT2D eigenvalue weighted by Crippen LogP contribution is 2.24. The van der Waals surface area contributed by atoms with Gasteiger partial charge in [0.25, 0.3) is 0 Å². The fraction of sp³-hybridized carbons (Fsp3) is 0.105. The molecule has 0 atom stereocenters. The van der Waals surface area contributed by atoms with Crippen LogP contribution in [0.25, 0.3) is 0 Å². The maximum absolute atomic E-state index is 11.8. The molecule has 0 aliphatic heterocycles. The summed E-state index contributed by atoms with van der Waals surface area (Å²) < 4.78 is 32.9. The molecule has 27 heavy (non-hydrogen) atoms. The molecule has 7 nitrogen and oxygen atoms in total. The number of rotatable bonds is 7. The van der Waals surface area contributed by atoms with Gasteiger partial charge in [0.05, 0.1) is 11.9 Å². The molecule has 0 saturated heterocycles. The minimum absolute atomic E-state index is 0.390. The highest BCUT2D eigenvalue weighted by Gasteiger charge is 2.12. The van der Waals surface area contributed by atoms with Crippen LogP contribution in [0.3, 0.4) is 0 Å². The lowest BCUT2D eigenvalue weighted by Crippen LogP contribution is -2.28.